The number of hydrogen-bond donors (Lipinski definition) is 1. The van der Waals surface area contributed by atoms with Gasteiger partial charge >= 0.3 is 0 Å². The van der Waals surface area contributed by atoms with Crippen molar-refractivity contribution in [2.75, 3.05) is 16.2 Å². The summed E-state index contributed by atoms with van der Waals surface area (Å²) in [6, 6.07) is 12.9. The van der Waals surface area contributed by atoms with Crippen LogP contribution in [0.1, 0.15) is 31.6 Å². The summed E-state index contributed by atoms with van der Waals surface area (Å²) in [6.45, 7) is 2.15. The number of hydrogen-bond acceptors (Lipinski definition) is 7. The van der Waals surface area contributed by atoms with E-state index in [1.807, 2.05) is 4.57 Å². The quantitative estimate of drug-likeness (QED) is 0.398. The molecule has 2 aromatic carbocycles. The molecule has 162 valence electrons. The molecule has 0 unspecified atom stereocenters. The van der Waals surface area contributed by atoms with Crippen molar-refractivity contribution in [2.45, 2.75) is 37.2 Å². The van der Waals surface area contributed by atoms with Crippen LogP contribution in [-0.2, 0) is 16.6 Å². The smallest absolute Gasteiger partial charge is 0.293 e. The molecular weight excluding hydrogens is 420 g/mol. The van der Waals surface area contributed by atoms with E-state index >= 15 is 0 Å². The Bertz CT molecular complexity index is 1190. The molecule has 31 heavy (non-hydrogen) atoms. The van der Waals surface area contributed by atoms with Gasteiger partial charge in [0.2, 0.25) is 0 Å². The first-order valence-corrected chi connectivity index (χ1v) is 11.3. The van der Waals surface area contributed by atoms with Gasteiger partial charge in [-0.3, -0.25) is 14.4 Å². The molecule has 3 aromatic rings. The maximum Gasteiger partial charge on any atom is 0.293 e. The fourth-order valence-electron chi connectivity index (χ4n) is 3.41. The van der Waals surface area contributed by atoms with E-state index in [-0.39, 0.29) is 29.4 Å². The molecule has 10 nitrogen and oxygen atoms in total. The summed E-state index contributed by atoms with van der Waals surface area (Å²) in [7, 11) is -3.97. The van der Waals surface area contributed by atoms with Crippen molar-refractivity contribution < 1.29 is 13.3 Å². The number of nitro groups is 1. The van der Waals surface area contributed by atoms with Crippen LogP contribution in [0, 0.1) is 10.1 Å². The van der Waals surface area contributed by atoms with Gasteiger partial charge in [0.25, 0.3) is 15.7 Å². The van der Waals surface area contributed by atoms with Crippen molar-refractivity contribution in [2.24, 2.45) is 0 Å². The summed E-state index contributed by atoms with van der Waals surface area (Å²) in [6.07, 6.45) is 3.78. The SMILES string of the molecule is CCN(c1ccccc1)S(=O)(=O)c1ccc(NCc2nncn2C2CC2)c([N+](=O)[O-])c1. The highest BCUT2D eigenvalue weighted by atomic mass is 32.2. The molecule has 0 atom stereocenters. The van der Waals surface area contributed by atoms with Crippen molar-refractivity contribution in [3.63, 3.8) is 0 Å². The molecule has 0 aliphatic heterocycles. The van der Waals surface area contributed by atoms with Crippen LogP contribution in [0.3, 0.4) is 0 Å². The Labute approximate surface area is 179 Å². The van der Waals surface area contributed by atoms with E-state index in [0.29, 0.717) is 17.6 Å². The van der Waals surface area contributed by atoms with E-state index in [9.17, 15) is 18.5 Å². The lowest BCUT2D eigenvalue weighted by Crippen LogP contribution is -2.30. The summed E-state index contributed by atoms with van der Waals surface area (Å²) in [4.78, 5) is 10.9. The Morgan fingerprint density at radius 3 is 2.61 bits per heavy atom. The van der Waals surface area contributed by atoms with Crippen LogP contribution in [0.15, 0.2) is 59.8 Å². The van der Waals surface area contributed by atoms with Gasteiger partial charge in [-0.1, -0.05) is 18.2 Å². The van der Waals surface area contributed by atoms with Crippen LogP contribution >= 0.6 is 0 Å². The number of nitro benzene ring substituents is 1. The molecule has 0 radical (unpaired) electrons. The van der Waals surface area contributed by atoms with E-state index in [2.05, 4.69) is 15.5 Å². The average molecular weight is 443 g/mol. The van der Waals surface area contributed by atoms with Crippen LogP contribution in [0.4, 0.5) is 17.1 Å². The van der Waals surface area contributed by atoms with Crippen molar-refractivity contribution in [3.8, 4) is 0 Å². The van der Waals surface area contributed by atoms with E-state index in [1.165, 1.54) is 16.4 Å². The second-order valence-electron chi connectivity index (χ2n) is 7.18. The number of para-hydroxylation sites is 1. The summed E-state index contributed by atoms with van der Waals surface area (Å²) in [5.41, 5.74) is 0.397. The maximum atomic E-state index is 13.2. The van der Waals surface area contributed by atoms with Gasteiger partial charge in [-0.2, -0.15) is 0 Å². The highest BCUT2D eigenvalue weighted by Gasteiger charge is 2.28. The molecule has 1 heterocycles. The number of sulfonamides is 1. The fraction of sp³-hybridized carbons (Fsp3) is 0.300. The van der Waals surface area contributed by atoms with Crippen molar-refractivity contribution in [1.82, 2.24) is 14.8 Å². The standard InChI is InChI=1S/C20H22N6O4S/c1-2-25(16-6-4-3-5-7-16)31(29,30)17-10-11-18(19(12-17)26(27)28)21-13-20-23-22-14-24(20)15-8-9-15/h3-7,10-12,14-15,21H,2,8-9,13H2,1H3. The number of rotatable bonds is 9. The molecule has 0 amide bonds. The maximum absolute atomic E-state index is 13.2. The van der Waals surface area contributed by atoms with Crippen LogP contribution < -0.4 is 9.62 Å². The molecule has 1 aromatic heterocycles. The van der Waals surface area contributed by atoms with Gasteiger partial charge in [-0.05, 0) is 44.0 Å². The van der Waals surface area contributed by atoms with E-state index in [1.54, 1.807) is 43.6 Å². The van der Waals surface area contributed by atoms with Gasteiger partial charge in [0.15, 0.2) is 5.82 Å². The molecule has 11 heteroatoms. The lowest BCUT2D eigenvalue weighted by Gasteiger charge is -2.23. The topological polar surface area (TPSA) is 123 Å². The fourth-order valence-corrected chi connectivity index (χ4v) is 4.90. The van der Waals surface area contributed by atoms with Crippen molar-refractivity contribution >= 4 is 27.1 Å². The normalized spacial score (nSPS) is 13.7. The number of anilines is 2. The van der Waals surface area contributed by atoms with Crippen LogP contribution in [-0.4, -0.2) is 34.7 Å². The molecule has 0 bridgehead atoms. The first-order chi connectivity index (χ1) is 14.9. The first kappa shape index (κ1) is 20.8. The second-order valence-corrected chi connectivity index (χ2v) is 9.04. The monoisotopic (exact) mass is 442 g/mol. The predicted molar refractivity (Wildman–Crippen MR) is 115 cm³/mol. The molecule has 0 saturated heterocycles. The molecule has 4 rings (SSSR count). The van der Waals surface area contributed by atoms with Crippen LogP contribution in [0.2, 0.25) is 0 Å². The van der Waals surface area contributed by atoms with Gasteiger partial charge in [0, 0.05) is 18.7 Å². The van der Waals surface area contributed by atoms with Crippen molar-refractivity contribution in [1.29, 1.82) is 0 Å². The zero-order chi connectivity index (χ0) is 22.0. The third-order valence-electron chi connectivity index (χ3n) is 5.11. The highest BCUT2D eigenvalue weighted by molar-refractivity contribution is 7.92. The third kappa shape index (κ3) is 4.22. The average Bonchev–Trinajstić information content (AvgIpc) is 3.50. The molecule has 1 aliphatic carbocycles. The Balaban J connectivity index is 1.62. The summed E-state index contributed by atoms with van der Waals surface area (Å²) in [5.74, 6) is 0.676. The molecule has 0 spiro atoms. The molecule has 1 N–H and O–H groups in total. The highest BCUT2D eigenvalue weighted by Crippen LogP contribution is 2.36. The Hall–Kier alpha value is -3.47. The molecule has 1 fully saturated rings. The Morgan fingerprint density at radius 1 is 1.23 bits per heavy atom. The second kappa shape index (κ2) is 8.34. The van der Waals surface area contributed by atoms with Gasteiger partial charge in [0.1, 0.15) is 12.0 Å². The molecule has 1 saturated carbocycles. The minimum absolute atomic E-state index is 0.142. The summed E-state index contributed by atoms with van der Waals surface area (Å²) >= 11 is 0. The Morgan fingerprint density at radius 2 is 1.97 bits per heavy atom. The van der Waals surface area contributed by atoms with E-state index in [4.69, 9.17) is 0 Å². The third-order valence-corrected chi connectivity index (χ3v) is 7.01. The van der Waals surface area contributed by atoms with Gasteiger partial charge < -0.3 is 9.88 Å². The van der Waals surface area contributed by atoms with Crippen molar-refractivity contribution in [3.05, 3.63) is 70.8 Å². The predicted octanol–water partition coefficient (Wildman–Crippen LogP) is 3.35. The number of nitrogens with zero attached hydrogens (tertiary/aromatic N) is 5. The lowest BCUT2D eigenvalue weighted by atomic mass is 10.2. The summed E-state index contributed by atoms with van der Waals surface area (Å²) in [5, 5.41) is 22.7. The van der Waals surface area contributed by atoms with Gasteiger partial charge in [-0.25, -0.2) is 8.42 Å². The zero-order valence-corrected chi connectivity index (χ0v) is 17.7. The summed E-state index contributed by atoms with van der Waals surface area (Å²) < 4.78 is 29.5. The zero-order valence-electron chi connectivity index (χ0n) is 16.9. The van der Waals surface area contributed by atoms with Crippen LogP contribution in [0.5, 0.6) is 0 Å². The number of benzene rings is 2. The molecule has 1 aliphatic rings. The van der Waals surface area contributed by atoms with E-state index in [0.717, 1.165) is 18.9 Å². The lowest BCUT2D eigenvalue weighted by molar-refractivity contribution is -0.384. The van der Waals surface area contributed by atoms with Crippen LogP contribution in [0.25, 0.3) is 0 Å². The largest absolute Gasteiger partial charge is 0.372 e. The van der Waals surface area contributed by atoms with E-state index < -0.39 is 14.9 Å². The number of aromatic nitrogens is 3. The first-order valence-electron chi connectivity index (χ1n) is 9.90. The minimum atomic E-state index is -3.97. The minimum Gasteiger partial charge on any atom is -0.372 e. The Kier molecular flexibility index (Phi) is 5.59. The van der Waals surface area contributed by atoms with Gasteiger partial charge in [0.05, 0.1) is 22.1 Å². The number of nitrogens with one attached hydrogen (secondary N) is 1. The molecular formula is C20H22N6O4S. The van der Waals surface area contributed by atoms with Gasteiger partial charge in [-0.15, -0.1) is 10.2 Å².